The Morgan fingerprint density at radius 3 is 2.79 bits per heavy atom. The summed E-state index contributed by atoms with van der Waals surface area (Å²) in [6, 6.07) is 8.05. The summed E-state index contributed by atoms with van der Waals surface area (Å²) in [7, 11) is 0. The van der Waals surface area contributed by atoms with Gasteiger partial charge in [-0.15, -0.1) is 0 Å². The van der Waals surface area contributed by atoms with E-state index in [1.54, 1.807) is 12.1 Å². The highest BCUT2D eigenvalue weighted by molar-refractivity contribution is 9.10. The Balaban J connectivity index is 2.06. The zero-order valence-corrected chi connectivity index (χ0v) is 11.8. The molecule has 100 valence electrons. The summed E-state index contributed by atoms with van der Waals surface area (Å²) in [5, 5.41) is 5.51. The fourth-order valence-corrected chi connectivity index (χ4v) is 1.90. The van der Waals surface area contributed by atoms with E-state index in [0.29, 0.717) is 16.9 Å². The first-order chi connectivity index (χ1) is 9.04. The molecule has 1 aromatic heterocycles. The third kappa shape index (κ3) is 3.82. The number of hydrogen-bond acceptors (Lipinski definition) is 3. The van der Waals surface area contributed by atoms with Crippen LogP contribution in [-0.2, 0) is 11.3 Å². The maximum absolute atomic E-state index is 13.4. The van der Waals surface area contributed by atoms with Gasteiger partial charge < -0.3 is 15.1 Å². The SMILES string of the molecule is CC(=O)Nc1cc(NCc2ccc(Br)o2)ccc1F. The van der Waals surface area contributed by atoms with Gasteiger partial charge in [-0.1, -0.05) is 0 Å². The third-order valence-electron chi connectivity index (χ3n) is 2.37. The van der Waals surface area contributed by atoms with E-state index in [-0.39, 0.29) is 11.6 Å². The summed E-state index contributed by atoms with van der Waals surface area (Å²) in [5.74, 6) is -0.0372. The predicted octanol–water partition coefficient (Wildman–Crippen LogP) is 3.75. The van der Waals surface area contributed by atoms with Gasteiger partial charge >= 0.3 is 0 Å². The lowest BCUT2D eigenvalue weighted by Crippen LogP contribution is -2.08. The van der Waals surface area contributed by atoms with Gasteiger partial charge in [-0.2, -0.15) is 0 Å². The number of rotatable bonds is 4. The van der Waals surface area contributed by atoms with Gasteiger partial charge in [-0.25, -0.2) is 4.39 Å². The second-order valence-corrected chi connectivity index (χ2v) is 4.72. The minimum absolute atomic E-state index is 0.151. The Bertz CT molecular complexity index is 598. The fraction of sp³-hybridized carbons (Fsp3) is 0.154. The zero-order chi connectivity index (χ0) is 13.8. The van der Waals surface area contributed by atoms with Gasteiger partial charge in [0.25, 0.3) is 0 Å². The Hall–Kier alpha value is -1.82. The van der Waals surface area contributed by atoms with Crippen molar-refractivity contribution >= 4 is 33.2 Å². The van der Waals surface area contributed by atoms with Crippen LogP contribution in [0.25, 0.3) is 0 Å². The summed E-state index contributed by atoms with van der Waals surface area (Å²) >= 11 is 3.22. The van der Waals surface area contributed by atoms with Gasteiger partial charge in [0.15, 0.2) is 4.67 Å². The molecule has 0 bridgehead atoms. The highest BCUT2D eigenvalue weighted by Gasteiger charge is 2.06. The van der Waals surface area contributed by atoms with Crippen LogP contribution in [0, 0.1) is 5.82 Å². The Morgan fingerprint density at radius 1 is 1.37 bits per heavy atom. The number of benzene rings is 1. The molecule has 1 amide bonds. The quantitative estimate of drug-likeness (QED) is 0.899. The highest BCUT2D eigenvalue weighted by Crippen LogP contribution is 2.21. The molecule has 19 heavy (non-hydrogen) atoms. The van der Waals surface area contributed by atoms with E-state index in [2.05, 4.69) is 26.6 Å². The van der Waals surface area contributed by atoms with Crippen LogP contribution in [0.15, 0.2) is 39.4 Å². The Kier molecular flexibility index (Phi) is 4.21. The van der Waals surface area contributed by atoms with Crippen molar-refractivity contribution in [2.45, 2.75) is 13.5 Å². The van der Waals surface area contributed by atoms with Gasteiger partial charge in [-0.3, -0.25) is 4.79 Å². The molecule has 2 rings (SSSR count). The molecule has 4 nitrogen and oxygen atoms in total. The first-order valence-electron chi connectivity index (χ1n) is 5.60. The minimum atomic E-state index is -0.471. The van der Waals surface area contributed by atoms with Crippen LogP contribution in [0.4, 0.5) is 15.8 Å². The van der Waals surface area contributed by atoms with Crippen molar-refractivity contribution in [1.29, 1.82) is 0 Å². The maximum Gasteiger partial charge on any atom is 0.221 e. The van der Waals surface area contributed by atoms with Gasteiger partial charge in [0, 0.05) is 12.6 Å². The van der Waals surface area contributed by atoms with E-state index < -0.39 is 5.82 Å². The number of hydrogen-bond donors (Lipinski definition) is 2. The van der Waals surface area contributed by atoms with Crippen molar-refractivity contribution in [3.8, 4) is 0 Å². The molecular formula is C13H12BrFN2O2. The van der Waals surface area contributed by atoms with Crippen molar-refractivity contribution in [3.05, 3.63) is 46.6 Å². The van der Waals surface area contributed by atoms with Crippen molar-refractivity contribution in [2.75, 3.05) is 10.6 Å². The van der Waals surface area contributed by atoms with Gasteiger partial charge in [-0.05, 0) is 46.3 Å². The molecule has 0 unspecified atom stereocenters. The molecule has 2 N–H and O–H groups in total. The van der Waals surface area contributed by atoms with E-state index in [1.807, 2.05) is 6.07 Å². The topological polar surface area (TPSA) is 54.3 Å². The largest absolute Gasteiger partial charge is 0.452 e. The Labute approximate surface area is 118 Å². The number of halogens is 2. The third-order valence-corrected chi connectivity index (χ3v) is 2.80. The summed E-state index contributed by atoms with van der Waals surface area (Å²) in [5.41, 5.74) is 0.843. The molecule has 0 radical (unpaired) electrons. The second-order valence-electron chi connectivity index (χ2n) is 3.94. The van der Waals surface area contributed by atoms with Crippen molar-refractivity contribution < 1.29 is 13.6 Å². The zero-order valence-electron chi connectivity index (χ0n) is 10.2. The molecule has 2 aromatic rings. The van der Waals surface area contributed by atoms with Crippen molar-refractivity contribution in [2.24, 2.45) is 0 Å². The summed E-state index contributed by atoms with van der Waals surface area (Å²) in [6.45, 7) is 1.80. The lowest BCUT2D eigenvalue weighted by atomic mass is 10.2. The monoisotopic (exact) mass is 326 g/mol. The maximum atomic E-state index is 13.4. The van der Waals surface area contributed by atoms with Gasteiger partial charge in [0.2, 0.25) is 5.91 Å². The van der Waals surface area contributed by atoms with E-state index in [9.17, 15) is 9.18 Å². The van der Waals surface area contributed by atoms with Crippen LogP contribution in [0.5, 0.6) is 0 Å². The molecular weight excluding hydrogens is 315 g/mol. The lowest BCUT2D eigenvalue weighted by molar-refractivity contribution is -0.114. The molecule has 6 heteroatoms. The number of carbonyl (C=O) groups excluding carboxylic acids is 1. The molecule has 1 heterocycles. The van der Waals surface area contributed by atoms with Crippen LogP contribution in [0.3, 0.4) is 0 Å². The number of carbonyl (C=O) groups is 1. The van der Waals surface area contributed by atoms with E-state index in [4.69, 9.17) is 4.42 Å². The van der Waals surface area contributed by atoms with Crippen molar-refractivity contribution in [1.82, 2.24) is 0 Å². The number of nitrogens with one attached hydrogen (secondary N) is 2. The van der Waals surface area contributed by atoms with E-state index >= 15 is 0 Å². The molecule has 0 aliphatic heterocycles. The van der Waals surface area contributed by atoms with E-state index in [0.717, 1.165) is 5.76 Å². The minimum Gasteiger partial charge on any atom is -0.452 e. The first kappa shape index (κ1) is 13.6. The smallest absolute Gasteiger partial charge is 0.221 e. The highest BCUT2D eigenvalue weighted by atomic mass is 79.9. The van der Waals surface area contributed by atoms with E-state index in [1.165, 1.54) is 19.1 Å². The molecule has 0 aliphatic carbocycles. The second kappa shape index (κ2) is 5.88. The molecule has 0 saturated heterocycles. The lowest BCUT2D eigenvalue weighted by Gasteiger charge is -2.08. The normalized spacial score (nSPS) is 10.3. The Morgan fingerprint density at radius 2 is 2.16 bits per heavy atom. The fourth-order valence-electron chi connectivity index (χ4n) is 1.56. The van der Waals surface area contributed by atoms with Crippen LogP contribution >= 0.6 is 15.9 Å². The van der Waals surface area contributed by atoms with Crippen molar-refractivity contribution in [3.63, 3.8) is 0 Å². The summed E-state index contributed by atoms with van der Waals surface area (Å²) in [6.07, 6.45) is 0. The molecule has 0 saturated carbocycles. The predicted molar refractivity (Wildman–Crippen MR) is 74.4 cm³/mol. The van der Waals surface area contributed by atoms with Crippen LogP contribution < -0.4 is 10.6 Å². The first-order valence-corrected chi connectivity index (χ1v) is 6.39. The summed E-state index contributed by atoms with van der Waals surface area (Å²) in [4.78, 5) is 10.9. The molecule has 0 fully saturated rings. The van der Waals surface area contributed by atoms with Gasteiger partial charge in [0.05, 0.1) is 12.2 Å². The van der Waals surface area contributed by atoms with Crippen LogP contribution in [0.1, 0.15) is 12.7 Å². The number of amides is 1. The molecule has 0 aliphatic rings. The standard InChI is InChI=1S/C13H12BrFN2O2/c1-8(18)17-12-6-9(2-4-11(12)15)16-7-10-3-5-13(14)19-10/h2-6,16H,7H2,1H3,(H,17,18). The van der Waals surface area contributed by atoms with Crippen LogP contribution in [-0.4, -0.2) is 5.91 Å². The number of furan rings is 1. The summed E-state index contributed by atoms with van der Waals surface area (Å²) < 4.78 is 19.4. The van der Waals surface area contributed by atoms with Crippen LogP contribution in [0.2, 0.25) is 0 Å². The average Bonchev–Trinajstić information content (AvgIpc) is 2.75. The molecule has 0 spiro atoms. The van der Waals surface area contributed by atoms with Gasteiger partial charge in [0.1, 0.15) is 11.6 Å². The molecule has 1 aromatic carbocycles. The molecule has 0 atom stereocenters. The number of anilines is 2. The average molecular weight is 327 g/mol.